The average Bonchev–Trinajstić information content (AvgIpc) is 2.28. The van der Waals surface area contributed by atoms with E-state index in [1.807, 2.05) is 0 Å². The molecule has 1 fully saturated rings. The summed E-state index contributed by atoms with van der Waals surface area (Å²) in [5.74, 6) is 0.801. The minimum absolute atomic E-state index is 0.801. The van der Waals surface area contributed by atoms with Crippen LogP contribution in [0.25, 0.3) is 0 Å². The standard InChI is InChI=1S/C10H22N2/c1-12(2)10-5-3-4-9(8-11)6-7-10/h9-10H,3-8,11H2,1-2H3. The van der Waals surface area contributed by atoms with Gasteiger partial charge in [0.15, 0.2) is 0 Å². The summed E-state index contributed by atoms with van der Waals surface area (Å²) in [6.45, 7) is 0.889. The van der Waals surface area contributed by atoms with Crippen molar-refractivity contribution in [2.75, 3.05) is 20.6 Å². The van der Waals surface area contributed by atoms with Crippen LogP contribution >= 0.6 is 0 Å². The van der Waals surface area contributed by atoms with Crippen LogP contribution in [0.4, 0.5) is 0 Å². The molecule has 1 saturated carbocycles. The summed E-state index contributed by atoms with van der Waals surface area (Å²) in [7, 11) is 4.38. The molecular weight excluding hydrogens is 148 g/mol. The van der Waals surface area contributed by atoms with Crippen LogP contribution in [0, 0.1) is 5.92 Å². The lowest BCUT2D eigenvalue weighted by Gasteiger charge is -2.22. The smallest absolute Gasteiger partial charge is 0.00892 e. The molecule has 0 aliphatic heterocycles. The van der Waals surface area contributed by atoms with E-state index < -0.39 is 0 Å². The van der Waals surface area contributed by atoms with Crippen molar-refractivity contribution in [3.05, 3.63) is 0 Å². The van der Waals surface area contributed by atoms with Gasteiger partial charge in [-0.1, -0.05) is 6.42 Å². The van der Waals surface area contributed by atoms with Gasteiger partial charge in [0.25, 0.3) is 0 Å². The Balaban J connectivity index is 2.34. The van der Waals surface area contributed by atoms with Crippen molar-refractivity contribution in [3.63, 3.8) is 0 Å². The van der Waals surface area contributed by atoms with E-state index in [0.29, 0.717) is 0 Å². The molecule has 0 aromatic heterocycles. The van der Waals surface area contributed by atoms with Crippen LogP contribution in [0.15, 0.2) is 0 Å². The van der Waals surface area contributed by atoms with Gasteiger partial charge in [-0.15, -0.1) is 0 Å². The summed E-state index contributed by atoms with van der Waals surface area (Å²) in [4.78, 5) is 2.36. The number of nitrogens with two attached hydrogens (primary N) is 1. The van der Waals surface area contributed by atoms with Gasteiger partial charge >= 0.3 is 0 Å². The van der Waals surface area contributed by atoms with Gasteiger partial charge in [-0.3, -0.25) is 0 Å². The van der Waals surface area contributed by atoms with E-state index in [4.69, 9.17) is 5.73 Å². The van der Waals surface area contributed by atoms with Gasteiger partial charge in [-0.2, -0.15) is 0 Å². The summed E-state index contributed by atoms with van der Waals surface area (Å²) in [6, 6.07) is 0.807. The fourth-order valence-electron chi connectivity index (χ4n) is 2.11. The van der Waals surface area contributed by atoms with E-state index in [1.165, 1.54) is 32.1 Å². The van der Waals surface area contributed by atoms with Crippen molar-refractivity contribution >= 4 is 0 Å². The second kappa shape index (κ2) is 4.83. The summed E-state index contributed by atoms with van der Waals surface area (Å²) in [6.07, 6.45) is 6.75. The van der Waals surface area contributed by atoms with Crippen LogP contribution < -0.4 is 5.73 Å². The molecule has 72 valence electrons. The Labute approximate surface area is 76.1 Å². The second-order valence-electron chi connectivity index (χ2n) is 4.23. The van der Waals surface area contributed by atoms with Crippen LogP contribution in [0.3, 0.4) is 0 Å². The Morgan fingerprint density at radius 2 is 1.92 bits per heavy atom. The van der Waals surface area contributed by atoms with Gasteiger partial charge in [-0.05, 0) is 52.2 Å². The maximum absolute atomic E-state index is 5.68. The molecule has 0 aromatic rings. The Morgan fingerprint density at radius 3 is 2.50 bits per heavy atom. The first-order valence-corrected chi connectivity index (χ1v) is 5.10. The van der Waals surface area contributed by atoms with Gasteiger partial charge < -0.3 is 10.6 Å². The largest absolute Gasteiger partial charge is 0.330 e. The Hall–Kier alpha value is -0.0800. The molecule has 0 radical (unpaired) electrons. The van der Waals surface area contributed by atoms with E-state index in [1.54, 1.807) is 0 Å². The van der Waals surface area contributed by atoms with Gasteiger partial charge in [0.05, 0.1) is 0 Å². The molecule has 0 amide bonds. The monoisotopic (exact) mass is 170 g/mol. The maximum Gasteiger partial charge on any atom is 0.00892 e. The van der Waals surface area contributed by atoms with E-state index >= 15 is 0 Å². The predicted molar refractivity (Wildman–Crippen MR) is 53.1 cm³/mol. The number of nitrogens with zero attached hydrogens (tertiary/aromatic N) is 1. The number of hydrogen-bond donors (Lipinski definition) is 1. The predicted octanol–water partition coefficient (Wildman–Crippen LogP) is 1.46. The first kappa shape index (κ1) is 10.0. The highest BCUT2D eigenvalue weighted by Gasteiger charge is 2.18. The van der Waals surface area contributed by atoms with Crippen LogP contribution in [-0.2, 0) is 0 Å². The number of rotatable bonds is 2. The minimum atomic E-state index is 0.801. The molecule has 0 heterocycles. The molecule has 0 aromatic carbocycles. The van der Waals surface area contributed by atoms with E-state index in [-0.39, 0.29) is 0 Å². The lowest BCUT2D eigenvalue weighted by molar-refractivity contribution is 0.265. The minimum Gasteiger partial charge on any atom is -0.330 e. The molecule has 1 aliphatic rings. The molecule has 0 bridgehead atoms. The highest BCUT2D eigenvalue weighted by atomic mass is 15.1. The molecule has 0 spiro atoms. The Kier molecular flexibility index (Phi) is 4.02. The SMILES string of the molecule is CN(C)C1CCCC(CN)CC1. The molecule has 12 heavy (non-hydrogen) atoms. The van der Waals surface area contributed by atoms with Crippen molar-refractivity contribution in [3.8, 4) is 0 Å². The first-order chi connectivity index (χ1) is 5.74. The summed E-state index contributed by atoms with van der Waals surface area (Å²) in [5.41, 5.74) is 5.68. The Morgan fingerprint density at radius 1 is 1.17 bits per heavy atom. The van der Waals surface area contributed by atoms with Gasteiger partial charge in [-0.25, -0.2) is 0 Å². The molecule has 1 rings (SSSR count). The zero-order chi connectivity index (χ0) is 8.97. The van der Waals surface area contributed by atoms with Gasteiger partial charge in [0.2, 0.25) is 0 Å². The molecule has 2 heteroatoms. The summed E-state index contributed by atoms with van der Waals surface area (Å²) in [5, 5.41) is 0. The third-order valence-corrected chi connectivity index (χ3v) is 3.12. The van der Waals surface area contributed by atoms with Crippen molar-refractivity contribution in [2.45, 2.75) is 38.1 Å². The lowest BCUT2D eigenvalue weighted by Crippen LogP contribution is -2.27. The third kappa shape index (κ3) is 2.76. The van der Waals surface area contributed by atoms with Crippen LogP contribution in [-0.4, -0.2) is 31.6 Å². The highest BCUT2D eigenvalue weighted by molar-refractivity contribution is 4.74. The zero-order valence-electron chi connectivity index (χ0n) is 8.42. The van der Waals surface area contributed by atoms with Crippen molar-refractivity contribution < 1.29 is 0 Å². The second-order valence-corrected chi connectivity index (χ2v) is 4.23. The molecular formula is C10H22N2. The lowest BCUT2D eigenvalue weighted by atomic mass is 10.0. The molecule has 2 unspecified atom stereocenters. The fourth-order valence-corrected chi connectivity index (χ4v) is 2.11. The zero-order valence-corrected chi connectivity index (χ0v) is 8.42. The van der Waals surface area contributed by atoms with Crippen LogP contribution in [0.5, 0.6) is 0 Å². The Bertz CT molecular complexity index is 123. The van der Waals surface area contributed by atoms with E-state index in [9.17, 15) is 0 Å². The van der Waals surface area contributed by atoms with E-state index in [0.717, 1.165) is 18.5 Å². The summed E-state index contributed by atoms with van der Waals surface area (Å²) < 4.78 is 0. The van der Waals surface area contributed by atoms with Gasteiger partial charge in [0.1, 0.15) is 0 Å². The van der Waals surface area contributed by atoms with E-state index in [2.05, 4.69) is 19.0 Å². The summed E-state index contributed by atoms with van der Waals surface area (Å²) >= 11 is 0. The fraction of sp³-hybridized carbons (Fsp3) is 1.00. The number of hydrogen-bond acceptors (Lipinski definition) is 2. The van der Waals surface area contributed by atoms with Crippen LogP contribution in [0.1, 0.15) is 32.1 Å². The topological polar surface area (TPSA) is 29.3 Å². The molecule has 2 nitrogen and oxygen atoms in total. The van der Waals surface area contributed by atoms with Crippen molar-refractivity contribution in [2.24, 2.45) is 11.7 Å². The molecule has 1 aliphatic carbocycles. The van der Waals surface area contributed by atoms with Gasteiger partial charge in [0, 0.05) is 6.04 Å². The van der Waals surface area contributed by atoms with Crippen molar-refractivity contribution in [1.29, 1.82) is 0 Å². The maximum atomic E-state index is 5.68. The van der Waals surface area contributed by atoms with Crippen molar-refractivity contribution in [1.82, 2.24) is 4.90 Å². The third-order valence-electron chi connectivity index (χ3n) is 3.12. The molecule has 2 N–H and O–H groups in total. The van der Waals surface area contributed by atoms with Crippen LogP contribution in [0.2, 0.25) is 0 Å². The molecule has 2 atom stereocenters. The first-order valence-electron chi connectivity index (χ1n) is 5.10. The average molecular weight is 170 g/mol. The molecule has 0 saturated heterocycles. The normalized spacial score (nSPS) is 32.0. The quantitative estimate of drug-likeness (QED) is 0.636. The highest BCUT2D eigenvalue weighted by Crippen LogP contribution is 2.24.